The Morgan fingerprint density at radius 2 is 1.88 bits per heavy atom. The van der Waals surface area contributed by atoms with Crippen molar-refractivity contribution in [3.63, 3.8) is 0 Å². The third-order valence-corrected chi connectivity index (χ3v) is 6.53. The van der Waals surface area contributed by atoms with Crippen molar-refractivity contribution in [3.05, 3.63) is 64.6 Å². The Hall–Kier alpha value is -1.66. The number of rotatable bonds is 4. The Kier molecular flexibility index (Phi) is 5.06. The number of carbonyl (C=O) groups excluding carboxylic acids is 1. The van der Waals surface area contributed by atoms with E-state index in [4.69, 9.17) is 0 Å². The van der Waals surface area contributed by atoms with Crippen LogP contribution in [0.5, 0.6) is 0 Å². The van der Waals surface area contributed by atoms with E-state index in [1.54, 1.807) is 47.4 Å². The highest BCUT2D eigenvalue weighted by atomic mass is 79.9. The average Bonchev–Trinajstić information content (AvgIpc) is 3.02. The molecule has 0 N–H and O–H groups in total. The molecule has 2 aromatic carbocycles. The first-order chi connectivity index (χ1) is 11.5. The Balaban J connectivity index is 1.80. The van der Waals surface area contributed by atoms with Crippen molar-refractivity contribution in [3.8, 4) is 0 Å². The Morgan fingerprint density at radius 3 is 2.58 bits per heavy atom. The second-order valence-corrected chi connectivity index (χ2v) is 8.85. The zero-order chi connectivity index (χ0) is 17.2. The van der Waals surface area contributed by atoms with Crippen molar-refractivity contribution < 1.29 is 13.2 Å². The maximum absolute atomic E-state index is 12.7. The predicted octanol–water partition coefficient (Wildman–Crippen LogP) is 3.53. The molecule has 0 spiro atoms. The zero-order valence-electron chi connectivity index (χ0n) is 13.1. The van der Waals surface area contributed by atoms with Gasteiger partial charge in [-0.05, 0) is 43.2 Å². The van der Waals surface area contributed by atoms with Crippen LogP contribution in [-0.4, -0.2) is 37.6 Å². The van der Waals surface area contributed by atoms with E-state index >= 15 is 0 Å². The Labute approximate surface area is 150 Å². The quantitative estimate of drug-likeness (QED) is 0.778. The van der Waals surface area contributed by atoms with E-state index in [9.17, 15) is 13.2 Å². The molecule has 1 fully saturated rings. The number of benzene rings is 2. The summed E-state index contributed by atoms with van der Waals surface area (Å²) >= 11 is 3.37. The molecule has 0 saturated carbocycles. The topological polar surface area (TPSA) is 54.5 Å². The standard InChI is InChI=1S/C18H18BrNO3S/c19-15-7-4-6-14(12-15)18(21)20-11-5-8-16(20)13-24(22,23)17-9-2-1-3-10-17/h1-4,6-7,9-10,12,16H,5,8,11,13H2. The number of amides is 1. The van der Waals surface area contributed by atoms with Gasteiger partial charge in [-0.3, -0.25) is 4.79 Å². The molecule has 1 unspecified atom stereocenters. The molecule has 0 bridgehead atoms. The molecule has 126 valence electrons. The minimum absolute atomic E-state index is 0.0310. The zero-order valence-corrected chi connectivity index (χ0v) is 15.5. The van der Waals surface area contributed by atoms with Gasteiger partial charge >= 0.3 is 0 Å². The van der Waals surface area contributed by atoms with Gasteiger partial charge in [0, 0.05) is 22.6 Å². The highest BCUT2D eigenvalue weighted by Gasteiger charge is 2.33. The second-order valence-electron chi connectivity index (χ2n) is 5.90. The predicted molar refractivity (Wildman–Crippen MR) is 96.7 cm³/mol. The molecular weight excluding hydrogens is 390 g/mol. The van der Waals surface area contributed by atoms with Crippen LogP contribution in [0.4, 0.5) is 0 Å². The van der Waals surface area contributed by atoms with Crippen LogP contribution in [0.3, 0.4) is 0 Å². The lowest BCUT2D eigenvalue weighted by Crippen LogP contribution is -2.39. The van der Waals surface area contributed by atoms with E-state index in [2.05, 4.69) is 15.9 Å². The molecular formula is C18H18BrNO3S. The Morgan fingerprint density at radius 1 is 1.12 bits per heavy atom. The molecule has 1 aliphatic heterocycles. The highest BCUT2D eigenvalue weighted by Crippen LogP contribution is 2.24. The fourth-order valence-corrected chi connectivity index (χ4v) is 5.06. The van der Waals surface area contributed by atoms with Crippen LogP contribution in [0, 0.1) is 0 Å². The minimum Gasteiger partial charge on any atom is -0.335 e. The average molecular weight is 408 g/mol. The Bertz CT molecular complexity index is 836. The lowest BCUT2D eigenvalue weighted by Gasteiger charge is -2.25. The summed E-state index contributed by atoms with van der Waals surface area (Å²) in [6.45, 7) is 0.598. The van der Waals surface area contributed by atoms with Crippen molar-refractivity contribution in [2.75, 3.05) is 12.3 Å². The van der Waals surface area contributed by atoms with Gasteiger partial charge in [0.1, 0.15) is 0 Å². The van der Waals surface area contributed by atoms with Crippen molar-refractivity contribution >= 4 is 31.7 Å². The highest BCUT2D eigenvalue weighted by molar-refractivity contribution is 9.10. The summed E-state index contributed by atoms with van der Waals surface area (Å²) in [6, 6.07) is 15.3. The number of sulfone groups is 1. The minimum atomic E-state index is -3.40. The first-order valence-corrected chi connectivity index (χ1v) is 10.3. The van der Waals surface area contributed by atoms with Gasteiger partial charge in [0.15, 0.2) is 9.84 Å². The molecule has 3 rings (SSSR count). The molecule has 1 saturated heterocycles. The molecule has 1 heterocycles. The largest absolute Gasteiger partial charge is 0.335 e. The fraction of sp³-hybridized carbons (Fsp3) is 0.278. The number of hydrogen-bond acceptors (Lipinski definition) is 3. The van der Waals surface area contributed by atoms with E-state index in [-0.39, 0.29) is 17.7 Å². The lowest BCUT2D eigenvalue weighted by molar-refractivity contribution is 0.0749. The maximum Gasteiger partial charge on any atom is 0.254 e. The second kappa shape index (κ2) is 7.07. The van der Waals surface area contributed by atoms with E-state index < -0.39 is 9.84 Å². The smallest absolute Gasteiger partial charge is 0.254 e. The van der Waals surface area contributed by atoms with Gasteiger partial charge in [0.2, 0.25) is 0 Å². The fourth-order valence-electron chi connectivity index (χ4n) is 3.04. The number of hydrogen-bond donors (Lipinski definition) is 0. The van der Waals surface area contributed by atoms with Gasteiger partial charge in [-0.1, -0.05) is 40.2 Å². The summed E-state index contributed by atoms with van der Waals surface area (Å²) in [5.74, 6) is -0.140. The molecule has 0 radical (unpaired) electrons. The maximum atomic E-state index is 12.7. The molecule has 1 atom stereocenters. The van der Waals surface area contributed by atoms with Crippen LogP contribution in [0.2, 0.25) is 0 Å². The van der Waals surface area contributed by atoms with Crippen molar-refractivity contribution in [1.82, 2.24) is 4.90 Å². The van der Waals surface area contributed by atoms with Crippen LogP contribution in [0.25, 0.3) is 0 Å². The van der Waals surface area contributed by atoms with Gasteiger partial charge in [-0.15, -0.1) is 0 Å². The first kappa shape index (κ1) is 17.2. The molecule has 0 aromatic heterocycles. The monoisotopic (exact) mass is 407 g/mol. The molecule has 24 heavy (non-hydrogen) atoms. The van der Waals surface area contributed by atoms with E-state index in [0.29, 0.717) is 23.4 Å². The summed E-state index contributed by atoms with van der Waals surface area (Å²) in [7, 11) is -3.40. The van der Waals surface area contributed by atoms with Gasteiger partial charge in [-0.25, -0.2) is 8.42 Å². The molecule has 6 heteroatoms. The van der Waals surface area contributed by atoms with Crippen LogP contribution >= 0.6 is 15.9 Å². The lowest BCUT2D eigenvalue weighted by atomic mass is 10.2. The first-order valence-electron chi connectivity index (χ1n) is 7.82. The summed E-state index contributed by atoms with van der Waals surface area (Å²) in [4.78, 5) is 14.8. The molecule has 4 nitrogen and oxygen atoms in total. The summed E-state index contributed by atoms with van der Waals surface area (Å²) in [5, 5.41) is 0. The van der Waals surface area contributed by atoms with Crippen LogP contribution in [-0.2, 0) is 9.84 Å². The number of carbonyl (C=O) groups is 1. The van der Waals surface area contributed by atoms with Crippen molar-refractivity contribution in [1.29, 1.82) is 0 Å². The number of likely N-dealkylation sites (tertiary alicyclic amines) is 1. The van der Waals surface area contributed by atoms with E-state index in [0.717, 1.165) is 10.9 Å². The summed E-state index contributed by atoms with van der Waals surface area (Å²) in [6.07, 6.45) is 1.54. The van der Waals surface area contributed by atoms with Gasteiger partial charge in [0.05, 0.1) is 10.6 Å². The summed E-state index contributed by atoms with van der Waals surface area (Å²) in [5.41, 5.74) is 0.577. The van der Waals surface area contributed by atoms with Gasteiger partial charge in [0.25, 0.3) is 5.91 Å². The SMILES string of the molecule is O=C(c1cccc(Br)c1)N1CCCC1CS(=O)(=O)c1ccccc1. The normalized spacial score (nSPS) is 17.9. The number of nitrogens with zero attached hydrogens (tertiary/aromatic N) is 1. The van der Waals surface area contributed by atoms with Crippen LogP contribution < -0.4 is 0 Å². The molecule has 2 aromatic rings. The van der Waals surface area contributed by atoms with Gasteiger partial charge in [-0.2, -0.15) is 0 Å². The van der Waals surface area contributed by atoms with Crippen molar-refractivity contribution in [2.24, 2.45) is 0 Å². The van der Waals surface area contributed by atoms with Crippen molar-refractivity contribution in [2.45, 2.75) is 23.8 Å². The third kappa shape index (κ3) is 3.70. The van der Waals surface area contributed by atoms with Crippen LogP contribution in [0.15, 0.2) is 64.0 Å². The van der Waals surface area contributed by atoms with Gasteiger partial charge < -0.3 is 4.90 Å². The summed E-state index contributed by atoms with van der Waals surface area (Å²) < 4.78 is 26.0. The molecule has 1 amide bonds. The third-order valence-electron chi connectivity index (χ3n) is 4.22. The molecule has 1 aliphatic rings. The van der Waals surface area contributed by atoms with E-state index in [1.807, 2.05) is 12.1 Å². The van der Waals surface area contributed by atoms with E-state index in [1.165, 1.54) is 0 Å². The molecule has 0 aliphatic carbocycles. The number of halogens is 1. The van der Waals surface area contributed by atoms with Crippen LogP contribution in [0.1, 0.15) is 23.2 Å².